The first kappa shape index (κ1) is 11.2. The molecule has 0 aromatic heterocycles. The Labute approximate surface area is 85.9 Å². The Hall–Kier alpha value is -0.290. The molecule has 0 saturated carbocycles. The fraction of sp³-hybridized carbons (Fsp3) is 1.00. The van der Waals surface area contributed by atoms with Crippen LogP contribution in [0.1, 0.15) is 0 Å². The highest BCUT2D eigenvalue weighted by Crippen LogP contribution is 2.28. The largest absolute Gasteiger partial charge is 0.389 e. The van der Waals surface area contributed by atoms with Gasteiger partial charge in [-0.1, -0.05) is 0 Å². The maximum atomic E-state index is 11.4. The predicted octanol–water partition coefficient (Wildman–Crippen LogP) is -4.08. The molecule has 2 aliphatic heterocycles. The first-order chi connectivity index (χ1) is 6.86. The maximum absolute atomic E-state index is 11.4. The van der Waals surface area contributed by atoms with E-state index in [0.717, 1.165) is 0 Å². The van der Waals surface area contributed by atoms with Crippen LogP contribution in [0, 0.1) is 0 Å². The first-order valence-corrected chi connectivity index (χ1v) is 5.80. The van der Waals surface area contributed by atoms with Crippen molar-refractivity contribution in [3.63, 3.8) is 0 Å². The lowest BCUT2D eigenvalue weighted by atomic mass is 9.95. The Kier molecular flexibility index (Phi) is 2.50. The molecule has 0 aromatic carbocycles. The number of piperidine rings is 1. The predicted molar refractivity (Wildman–Crippen MR) is 46.6 cm³/mol. The summed E-state index contributed by atoms with van der Waals surface area (Å²) >= 11 is 0. The van der Waals surface area contributed by atoms with Crippen molar-refractivity contribution in [3.8, 4) is 0 Å². The van der Waals surface area contributed by atoms with Gasteiger partial charge >= 0.3 is 0 Å². The average molecular weight is 240 g/mol. The molecule has 2 aliphatic rings. The van der Waals surface area contributed by atoms with Crippen molar-refractivity contribution < 1.29 is 28.8 Å². The number of hydrogen-bond donors (Lipinski definition) is 5. The van der Waals surface area contributed by atoms with Crippen LogP contribution >= 0.6 is 0 Å². The van der Waals surface area contributed by atoms with Crippen molar-refractivity contribution in [1.29, 1.82) is 0 Å². The Balaban J connectivity index is 2.38. The molecule has 2 heterocycles. The minimum atomic E-state index is -3.88. The van der Waals surface area contributed by atoms with Gasteiger partial charge in [-0.05, 0) is 0 Å². The number of rotatable bonds is 0. The van der Waals surface area contributed by atoms with Crippen LogP contribution < -0.4 is 4.72 Å². The molecule has 15 heavy (non-hydrogen) atoms. The molecule has 5 N–H and O–H groups in total. The first-order valence-electron chi connectivity index (χ1n) is 4.36. The number of aliphatic hydroxyl groups excluding tert-OH is 4. The molecule has 9 heteroatoms. The molecular weight excluding hydrogens is 228 g/mol. The summed E-state index contributed by atoms with van der Waals surface area (Å²) in [6, 6.07) is -0.955. The third-order valence-corrected chi connectivity index (χ3v) is 4.31. The fourth-order valence-corrected chi connectivity index (χ4v) is 3.39. The van der Waals surface area contributed by atoms with Gasteiger partial charge in [-0.25, -0.2) is 4.72 Å². The zero-order chi connectivity index (χ0) is 11.4. The van der Waals surface area contributed by atoms with Gasteiger partial charge in [0.05, 0.1) is 6.04 Å². The Morgan fingerprint density at radius 2 is 1.67 bits per heavy atom. The Bertz CT molecular complexity index is 359. The Morgan fingerprint density at radius 1 is 1.07 bits per heavy atom. The molecule has 2 saturated heterocycles. The van der Waals surface area contributed by atoms with Gasteiger partial charge < -0.3 is 20.4 Å². The van der Waals surface area contributed by atoms with Crippen molar-refractivity contribution in [1.82, 2.24) is 9.03 Å². The highest BCUT2D eigenvalue weighted by Gasteiger charge is 2.55. The molecule has 0 amide bonds. The van der Waals surface area contributed by atoms with Crippen molar-refractivity contribution in [2.75, 3.05) is 6.54 Å². The molecule has 5 atom stereocenters. The maximum Gasteiger partial charge on any atom is 0.282 e. The summed E-state index contributed by atoms with van der Waals surface area (Å²) in [5.41, 5.74) is 0. The monoisotopic (exact) mass is 240 g/mol. The van der Waals surface area contributed by atoms with Gasteiger partial charge in [-0.3, -0.25) is 0 Å². The van der Waals surface area contributed by atoms with Gasteiger partial charge in [0, 0.05) is 6.54 Å². The average Bonchev–Trinajstić information content (AvgIpc) is 2.48. The second kappa shape index (κ2) is 3.35. The fourth-order valence-electron chi connectivity index (χ4n) is 1.90. The van der Waals surface area contributed by atoms with E-state index in [1.54, 1.807) is 0 Å². The van der Waals surface area contributed by atoms with Crippen molar-refractivity contribution in [2.45, 2.75) is 30.6 Å². The lowest BCUT2D eigenvalue weighted by molar-refractivity contribution is -0.186. The molecular formula is C6H12N2O6S. The molecule has 2 rings (SSSR count). The lowest BCUT2D eigenvalue weighted by Crippen LogP contribution is -2.65. The molecule has 0 bridgehead atoms. The SMILES string of the molecule is O=S1(=O)NC[C@@H]2[C@@H](O)[C@H](O)[C@H](O)C(O)N21. The quantitative estimate of drug-likeness (QED) is 0.293. The summed E-state index contributed by atoms with van der Waals surface area (Å²) in [4.78, 5) is 0. The van der Waals surface area contributed by atoms with Gasteiger partial charge in [0.25, 0.3) is 10.2 Å². The molecule has 0 radical (unpaired) electrons. The van der Waals surface area contributed by atoms with E-state index in [1.165, 1.54) is 0 Å². The number of hydrogen-bond acceptors (Lipinski definition) is 6. The number of aliphatic hydroxyl groups is 4. The summed E-state index contributed by atoms with van der Waals surface area (Å²) in [5, 5.41) is 37.6. The molecule has 2 fully saturated rings. The van der Waals surface area contributed by atoms with E-state index >= 15 is 0 Å². The van der Waals surface area contributed by atoms with Crippen LogP contribution in [0.5, 0.6) is 0 Å². The highest BCUT2D eigenvalue weighted by atomic mass is 32.2. The summed E-state index contributed by atoms with van der Waals surface area (Å²) in [6.07, 6.45) is -6.44. The van der Waals surface area contributed by atoms with Crippen LogP contribution in [0.15, 0.2) is 0 Å². The van der Waals surface area contributed by atoms with Crippen LogP contribution in [0.3, 0.4) is 0 Å². The smallest absolute Gasteiger partial charge is 0.282 e. The van der Waals surface area contributed by atoms with Crippen molar-refractivity contribution >= 4 is 10.2 Å². The van der Waals surface area contributed by atoms with Gasteiger partial charge in [0.2, 0.25) is 0 Å². The summed E-state index contributed by atoms with van der Waals surface area (Å²) in [6.45, 7) is -0.107. The van der Waals surface area contributed by atoms with Crippen molar-refractivity contribution in [2.24, 2.45) is 0 Å². The summed E-state index contributed by atoms with van der Waals surface area (Å²) in [7, 11) is -3.88. The lowest BCUT2D eigenvalue weighted by Gasteiger charge is -2.41. The van der Waals surface area contributed by atoms with Crippen molar-refractivity contribution in [3.05, 3.63) is 0 Å². The number of nitrogens with one attached hydrogen (secondary N) is 1. The van der Waals surface area contributed by atoms with Crippen LogP contribution in [0.2, 0.25) is 0 Å². The molecule has 0 aromatic rings. The highest BCUT2D eigenvalue weighted by molar-refractivity contribution is 7.87. The second-order valence-electron chi connectivity index (χ2n) is 3.64. The normalized spacial score (nSPS) is 50.3. The van der Waals surface area contributed by atoms with E-state index in [-0.39, 0.29) is 6.54 Å². The van der Waals surface area contributed by atoms with Crippen LogP contribution in [-0.4, -0.2) is 70.3 Å². The van der Waals surface area contributed by atoms with E-state index in [2.05, 4.69) is 4.72 Å². The van der Waals surface area contributed by atoms with E-state index in [0.29, 0.717) is 4.31 Å². The zero-order valence-electron chi connectivity index (χ0n) is 7.55. The minimum Gasteiger partial charge on any atom is -0.389 e. The topological polar surface area (TPSA) is 130 Å². The molecule has 0 spiro atoms. The van der Waals surface area contributed by atoms with E-state index in [1.807, 2.05) is 0 Å². The minimum absolute atomic E-state index is 0.107. The molecule has 8 nitrogen and oxygen atoms in total. The van der Waals surface area contributed by atoms with E-state index in [9.17, 15) is 28.8 Å². The van der Waals surface area contributed by atoms with Gasteiger partial charge in [-0.2, -0.15) is 12.7 Å². The van der Waals surface area contributed by atoms with Crippen LogP contribution in [-0.2, 0) is 10.2 Å². The second-order valence-corrected chi connectivity index (χ2v) is 5.30. The molecule has 0 aliphatic carbocycles. The molecule has 1 unspecified atom stereocenters. The number of fused-ring (bicyclic) bond motifs is 1. The summed E-state index contributed by atoms with van der Waals surface area (Å²) in [5.74, 6) is 0. The summed E-state index contributed by atoms with van der Waals surface area (Å²) < 4.78 is 25.4. The molecule has 88 valence electrons. The van der Waals surface area contributed by atoms with Gasteiger partial charge in [-0.15, -0.1) is 0 Å². The Morgan fingerprint density at radius 3 is 2.27 bits per heavy atom. The standard InChI is InChI=1S/C6H12N2O6S/c9-3-2-1-7-15(13,14)8(2)6(12)5(11)4(3)10/h2-7,9-12H,1H2/t2-,3-,4+,5+,6?/m1/s1. The van der Waals surface area contributed by atoms with E-state index < -0.39 is 40.8 Å². The third-order valence-electron chi connectivity index (χ3n) is 2.74. The van der Waals surface area contributed by atoms with E-state index in [4.69, 9.17) is 0 Å². The van der Waals surface area contributed by atoms with Crippen LogP contribution in [0.25, 0.3) is 0 Å². The van der Waals surface area contributed by atoms with Gasteiger partial charge in [0.1, 0.15) is 18.3 Å². The third kappa shape index (κ3) is 1.47. The number of nitrogens with zero attached hydrogens (tertiary/aromatic N) is 1. The zero-order valence-corrected chi connectivity index (χ0v) is 8.37. The van der Waals surface area contributed by atoms with Gasteiger partial charge in [0.15, 0.2) is 6.23 Å². The van der Waals surface area contributed by atoms with Crippen LogP contribution in [0.4, 0.5) is 0 Å².